The van der Waals surface area contributed by atoms with Gasteiger partial charge in [-0.05, 0) is 53.4 Å². The Balaban J connectivity index is 2.06. The van der Waals surface area contributed by atoms with Crippen LogP contribution >= 0.6 is 0 Å². The van der Waals surface area contributed by atoms with Crippen molar-refractivity contribution < 1.29 is 18.3 Å². The van der Waals surface area contributed by atoms with Gasteiger partial charge in [-0.3, -0.25) is 9.48 Å². The molecule has 0 radical (unpaired) electrons. The van der Waals surface area contributed by atoms with Gasteiger partial charge in [-0.25, -0.2) is 8.42 Å². The van der Waals surface area contributed by atoms with E-state index in [9.17, 15) is 13.2 Å². The summed E-state index contributed by atoms with van der Waals surface area (Å²) in [6.45, 7) is 12.3. The van der Waals surface area contributed by atoms with Gasteiger partial charge < -0.3 is 5.11 Å². The molecule has 176 valence electrons. The van der Waals surface area contributed by atoms with Crippen molar-refractivity contribution in [3.05, 3.63) is 46.8 Å². The Morgan fingerprint density at radius 1 is 1.12 bits per heavy atom. The summed E-state index contributed by atoms with van der Waals surface area (Å²) in [5.74, 6) is -0.965. The van der Waals surface area contributed by atoms with Crippen molar-refractivity contribution in [1.29, 1.82) is 0 Å². The summed E-state index contributed by atoms with van der Waals surface area (Å²) < 4.78 is 30.5. The highest BCUT2D eigenvalue weighted by Crippen LogP contribution is 2.38. The number of sulfonamides is 1. The predicted molar refractivity (Wildman–Crippen MR) is 124 cm³/mol. The third-order valence-corrected chi connectivity index (χ3v) is 8.11. The van der Waals surface area contributed by atoms with Gasteiger partial charge >= 0.3 is 5.97 Å². The zero-order valence-electron chi connectivity index (χ0n) is 20.1. The van der Waals surface area contributed by atoms with Crippen molar-refractivity contribution in [2.75, 3.05) is 7.05 Å². The number of rotatable bonds is 5. The predicted octanol–water partition coefficient (Wildman–Crippen LogP) is 4.26. The molecule has 7 nitrogen and oxygen atoms in total. The monoisotopic (exact) mass is 461 g/mol. The van der Waals surface area contributed by atoms with E-state index >= 15 is 0 Å². The first-order valence-electron chi connectivity index (χ1n) is 11.0. The van der Waals surface area contributed by atoms with E-state index < -0.39 is 16.0 Å². The Bertz CT molecular complexity index is 1090. The summed E-state index contributed by atoms with van der Waals surface area (Å²) in [5.41, 5.74) is 3.18. The summed E-state index contributed by atoms with van der Waals surface area (Å²) in [7, 11) is -2.17. The van der Waals surface area contributed by atoms with Gasteiger partial charge in [0.15, 0.2) is 0 Å². The van der Waals surface area contributed by atoms with Crippen LogP contribution in [0.1, 0.15) is 82.8 Å². The molecule has 1 heterocycles. The van der Waals surface area contributed by atoms with Crippen LogP contribution in [0.25, 0.3) is 0 Å². The summed E-state index contributed by atoms with van der Waals surface area (Å²) in [4.78, 5) is 11.5. The number of aliphatic carboxylic acids is 1. The average molecular weight is 462 g/mol. The molecule has 2 aromatic rings. The van der Waals surface area contributed by atoms with E-state index in [4.69, 9.17) is 5.11 Å². The number of benzene rings is 1. The van der Waals surface area contributed by atoms with E-state index in [2.05, 4.69) is 52.7 Å². The lowest BCUT2D eigenvalue weighted by atomic mass is 9.81. The lowest BCUT2D eigenvalue weighted by Crippen LogP contribution is -2.34. The maximum Gasteiger partial charge on any atom is 0.325 e. The van der Waals surface area contributed by atoms with Gasteiger partial charge in [0.1, 0.15) is 6.54 Å². The fourth-order valence-corrected chi connectivity index (χ4v) is 5.62. The minimum absolute atomic E-state index is 0.194. The minimum atomic E-state index is -3.78. The first-order valence-corrected chi connectivity index (χ1v) is 12.5. The van der Waals surface area contributed by atoms with Gasteiger partial charge in [0.2, 0.25) is 10.0 Å². The number of carboxylic acid groups (broad SMARTS) is 1. The van der Waals surface area contributed by atoms with Gasteiger partial charge in [0.25, 0.3) is 0 Å². The molecule has 0 saturated carbocycles. The van der Waals surface area contributed by atoms with Crippen molar-refractivity contribution in [3.8, 4) is 0 Å². The van der Waals surface area contributed by atoms with E-state index in [0.29, 0.717) is 17.7 Å². The fraction of sp³-hybridized carbons (Fsp3) is 0.583. The van der Waals surface area contributed by atoms with Crippen LogP contribution in [0.5, 0.6) is 0 Å². The number of fused-ring (bicyclic) bond motifs is 1. The summed E-state index contributed by atoms with van der Waals surface area (Å²) >= 11 is 0. The Morgan fingerprint density at radius 2 is 1.69 bits per heavy atom. The second kappa shape index (κ2) is 8.30. The molecule has 1 aromatic carbocycles. The molecule has 0 spiro atoms. The largest absolute Gasteiger partial charge is 0.480 e. The SMILES string of the molecule is CN([C@@H]1CCCc2c1cnn2CC(=O)O)S(=O)(=O)c1cc(C(C)(C)C)cc(C(C)(C)C)c1. The summed E-state index contributed by atoms with van der Waals surface area (Å²) in [6.07, 6.45) is 3.77. The quantitative estimate of drug-likeness (QED) is 0.718. The van der Waals surface area contributed by atoms with Gasteiger partial charge in [-0.1, -0.05) is 47.6 Å². The van der Waals surface area contributed by atoms with Crippen molar-refractivity contribution in [2.45, 2.75) is 89.1 Å². The number of hydrogen-bond acceptors (Lipinski definition) is 4. The Kier molecular flexibility index (Phi) is 6.34. The first kappa shape index (κ1) is 24.5. The zero-order chi connectivity index (χ0) is 24.1. The fourth-order valence-electron chi connectivity index (χ4n) is 4.19. The molecule has 0 bridgehead atoms. The first-order chi connectivity index (χ1) is 14.6. The zero-order valence-corrected chi connectivity index (χ0v) is 21.0. The van der Waals surface area contributed by atoms with Crippen LogP contribution in [0.4, 0.5) is 0 Å². The van der Waals surface area contributed by atoms with Crippen LogP contribution in [0.15, 0.2) is 29.3 Å². The highest BCUT2D eigenvalue weighted by Gasteiger charge is 2.35. The van der Waals surface area contributed by atoms with Crippen molar-refractivity contribution in [2.24, 2.45) is 0 Å². The van der Waals surface area contributed by atoms with Crippen molar-refractivity contribution >= 4 is 16.0 Å². The van der Waals surface area contributed by atoms with E-state index in [0.717, 1.165) is 28.8 Å². The highest BCUT2D eigenvalue weighted by atomic mass is 32.2. The molecule has 0 fully saturated rings. The molecule has 1 N–H and O–H groups in total. The molecule has 1 aliphatic rings. The number of aromatic nitrogens is 2. The standard InChI is InChI=1S/C24H35N3O4S/c1-23(2,3)16-11-17(24(4,5)6)13-18(12-16)32(30,31)26(7)20-9-8-10-21-19(20)14-25-27(21)15-22(28)29/h11-14,20H,8-10,15H2,1-7H3,(H,28,29)/t20-/m1/s1. The van der Waals surface area contributed by atoms with E-state index in [1.54, 1.807) is 25.4 Å². The maximum atomic E-state index is 13.8. The minimum Gasteiger partial charge on any atom is -0.480 e. The third kappa shape index (κ3) is 4.76. The van der Waals surface area contributed by atoms with Crippen molar-refractivity contribution in [1.82, 2.24) is 14.1 Å². The van der Waals surface area contributed by atoms with Crippen molar-refractivity contribution in [3.63, 3.8) is 0 Å². The summed E-state index contributed by atoms with van der Waals surface area (Å²) in [6, 6.07) is 5.31. The van der Waals surface area contributed by atoms with Crippen LogP contribution < -0.4 is 0 Å². The topological polar surface area (TPSA) is 92.5 Å². The van der Waals surface area contributed by atoms with Gasteiger partial charge in [-0.15, -0.1) is 0 Å². The van der Waals surface area contributed by atoms with E-state index in [1.165, 1.54) is 8.99 Å². The number of nitrogens with zero attached hydrogens (tertiary/aromatic N) is 3. The molecule has 0 amide bonds. The number of hydrogen-bond donors (Lipinski definition) is 1. The normalized spacial score (nSPS) is 17.4. The van der Waals surface area contributed by atoms with Crippen LogP contribution in [0, 0.1) is 0 Å². The third-order valence-electron chi connectivity index (χ3n) is 6.27. The summed E-state index contributed by atoms with van der Waals surface area (Å²) in [5, 5.41) is 13.4. The molecule has 1 atom stereocenters. The molecule has 8 heteroatoms. The Labute approximate surface area is 191 Å². The smallest absolute Gasteiger partial charge is 0.325 e. The van der Waals surface area contributed by atoms with Gasteiger partial charge in [0, 0.05) is 18.3 Å². The average Bonchev–Trinajstić information content (AvgIpc) is 3.08. The molecule has 0 aliphatic heterocycles. The Morgan fingerprint density at radius 3 is 2.19 bits per heavy atom. The highest BCUT2D eigenvalue weighted by molar-refractivity contribution is 7.89. The maximum absolute atomic E-state index is 13.8. The molecular weight excluding hydrogens is 426 g/mol. The lowest BCUT2D eigenvalue weighted by Gasteiger charge is -2.32. The Hall–Kier alpha value is -2.19. The van der Waals surface area contributed by atoms with E-state index in [-0.39, 0.29) is 23.4 Å². The molecule has 1 aliphatic carbocycles. The number of carboxylic acids is 1. The van der Waals surface area contributed by atoms with Crippen LogP contribution in [0.3, 0.4) is 0 Å². The lowest BCUT2D eigenvalue weighted by molar-refractivity contribution is -0.137. The second-order valence-electron chi connectivity index (χ2n) is 10.8. The van der Waals surface area contributed by atoms with Crippen LogP contribution in [-0.4, -0.2) is 40.6 Å². The van der Waals surface area contributed by atoms with Gasteiger partial charge in [0.05, 0.1) is 17.1 Å². The van der Waals surface area contributed by atoms with Crippen LogP contribution in [0.2, 0.25) is 0 Å². The molecule has 1 aromatic heterocycles. The number of carbonyl (C=O) groups is 1. The molecule has 0 saturated heterocycles. The molecule has 32 heavy (non-hydrogen) atoms. The molecule has 0 unspecified atom stereocenters. The van der Waals surface area contributed by atoms with Crippen LogP contribution in [-0.2, 0) is 38.6 Å². The molecule has 3 rings (SSSR count). The molecular formula is C24H35N3O4S. The van der Waals surface area contributed by atoms with Gasteiger partial charge in [-0.2, -0.15) is 9.40 Å². The van der Waals surface area contributed by atoms with E-state index in [1.807, 2.05) is 0 Å². The second-order valence-corrected chi connectivity index (χ2v) is 12.8.